The molecule has 1 atom stereocenters. The van der Waals surface area contributed by atoms with E-state index in [1.165, 1.54) is 17.0 Å². The molecule has 1 saturated heterocycles. The van der Waals surface area contributed by atoms with Crippen LogP contribution in [0.15, 0.2) is 48.5 Å². The topological polar surface area (TPSA) is 95.7 Å². The number of carbonyl (C=O) groups excluding carboxylic acids is 3. The van der Waals surface area contributed by atoms with Gasteiger partial charge in [-0.15, -0.1) is 0 Å². The maximum Gasteiger partial charge on any atom is 0.251 e. The van der Waals surface area contributed by atoms with Crippen LogP contribution in [0.25, 0.3) is 0 Å². The number of halogens is 1. The highest BCUT2D eigenvalue weighted by Gasteiger charge is 2.41. The van der Waals surface area contributed by atoms with Crippen LogP contribution in [-0.4, -0.2) is 45.7 Å². The number of thiocarbonyl (C=S) groups is 1. The van der Waals surface area contributed by atoms with Gasteiger partial charge in [-0.2, -0.15) is 0 Å². The molecule has 9 heteroatoms. The molecule has 1 unspecified atom stereocenters. The van der Waals surface area contributed by atoms with Crippen molar-refractivity contribution in [2.24, 2.45) is 5.73 Å². The summed E-state index contributed by atoms with van der Waals surface area (Å²) in [6.45, 7) is 0.362. The second-order valence-corrected chi connectivity index (χ2v) is 7.45. The smallest absolute Gasteiger partial charge is 0.251 e. The molecular weight excluding hydrogens is 412 g/mol. The zero-order valence-electron chi connectivity index (χ0n) is 15.6. The molecule has 29 heavy (non-hydrogen) atoms. The first-order chi connectivity index (χ1) is 13.8. The second-order valence-electron chi connectivity index (χ2n) is 6.65. The molecule has 1 heterocycles. The van der Waals surface area contributed by atoms with Gasteiger partial charge >= 0.3 is 0 Å². The van der Waals surface area contributed by atoms with Crippen LogP contribution in [0.2, 0.25) is 5.02 Å². The third-order valence-corrected chi connectivity index (χ3v) is 5.34. The van der Waals surface area contributed by atoms with Gasteiger partial charge in [-0.1, -0.05) is 23.7 Å². The largest absolute Gasteiger partial charge is 0.366 e. The van der Waals surface area contributed by atoms with Crippen LogP contribution in [-0.2, 0) is 16.1 Å². The van der Waals surface area contributed by atoms with E-state index in [1.807, 2.05) is 12.1 Å². The number of hydrogen-bond donors (Lipinski definition) is 2. The predicted octanol–water partition coefficient (Wildman–Crippen LogP) is 2.40. The van der Waals surface area contributed by atoms with Crippen LogP contribution in [0.3, 0.4) is 0 Å². The summed E-state index contributed by atoms with van der Waals surface area (Å²) >= 11 is 11.4. The van der Waals surface area contributed by atoms with Crippen LogP contribution < -0.4 is 11.1 Å². The van der Waals surface area contributed by atoms with Crippen LogP contribution in [0.5, 0.6) is 0 Å². The lowest BCUT2D eigenvalue weighted by Gasteiger charge is -2.23. The Hall–Kier alpha value is -2.97. The second kappa shape index (κ2) is 8.59. The molecule has 7 nitrogen and oxygen atoms in total. The Morgan fingerprint density at radius 1 is 1.21 bits per heavy atom. The average molecular weight is 431 g/mol. The van der Waals surface area contributed by atoms with Gasteiger partial charge < -0.3 is 16.0 Å². The molecule has 0 saturated carbocycles. The van der Waals surface area contributed by atoms with Crippen molar-refractivity contribution in [3.8, 4) is 0 Å². The van der Waals surface area contributed by atoms with Crippen LogP contribution in [0.4, 0.5) is 5.69 Å². The van der Waals surface area contributed by atoms with Gasteiger partial charge in [-0.05, 0) is 54.2 Å². The molecule has 0 aromatic heterocycles. The van der Waals surface area contributed by atoms with E-state index in [9.17, 15) is 14.4 Å². The van der Waals surface area contributed by atoms with Crippen molar-refractivity contribution in [2.75, 3.05) is 12.4 Å². The monoisotopic (exact) mass is 430 g/mol. The van der Waals surface area contributed by atoms with E-state index in [1.54, 1.807) is 36.2 Å². The number of anilines is 1. The Labute approximate surface area is 178 Å². The number of nitrogens with zero attached hydrogens (tertiary/aromatic N) is 2. The van der Waals surface area contributed by atoms with Crippen molar-refractivity contribution in [3.05, 3.63) is 64.7 Å². The van der Waals surface area contributed by atoms with Gasteiger partial charge in [0, 0.05) is 29.9 Å². The standard InChI is InChI=1S/C20H19ClN4O3S/c1-24-19(28)16(25(20(24)29)11-12-3-2-4-14(21)9-12)10-17(26)23-15-7-5-13(6-8-15)18(22)27/h2-9,16H,10-11H2,1H3,(H2,22,27)(H,23,26). The van der Waals surface area contributed by atoms with Gasteiger partial charge in [0.25, 0.3) is 5.91 Å². The molecule has 3 amide bonds. The Bertz CT molecular complexity index is 980. The van der Waals surface area contributed by atoms with Crippen molar-refractivity contribution in [1.29, 1.82) is 0 Å². The van der Waals surface area contributed by atoms with Gasteiger partial charge in [0.1, 0.15) is 6.04 Å². The average Bonchev–Trinajstić information content (AvgIpc) is 2.87. The first kappa shape index (κ1) is 20.8. The summed E-state index contributed by atoms with van der Waals surface area (Å²) in [4.78, 5) is 39.4. The van der Waals surface area contributed by atoms with Gasteiger partial charge in [0.05, 0.1) is 6.42 Å². The lowest BCUT2D eigenvalue weighted by molar-refractivity contribution is -0.130. The molecule has 0 bridgehead atoms. The lowest BCUT2D eigenvalue weighted by atomic mass is 10.1. The molecule has 3 N–H and O–H groups in total. The van der Waals surface area contributed by atoms with Crippen molar-refractivity contribution in [3.63, 3.8) is 0 Å². The summed E-state index contributed by atoms with van der Waals surface area (Å²) in [5.41, 5.74) is 6.94. The molecule has 3 rings (SSSR count). The summed E-state index contributed by atoms with van der Waals surface area (Å²) in [5, 5.41) is 3.67. The minimum absolute atomic E-state index is 0.0680. The van der Waals surface area contributed by atoms with E-state index in [0.717, 1.165) is 5.56 Å². The summed E-state index contributed by atoms with van der Waals surface area (Å²) < 4.78 is 0. The molecule has 2 aromatic rings. The number of rotatable bonds is 6. The molecular formula is C20H19ClN4O3S. The van der Waals surface area contributed by atoms with Crippen LogP contribution >= 0.6 is 23.8 Å². The molecule has 1 aliphatic rings. The maximum atomic E-state index is 12.6. The summed E-state index contributed by atoms with van der Waals surface area (Å²) in [6, 6.07) is 12.7. The van der Waals surface area contributed by atoms with E-state index in [-0.39, 0.29) is 18.2 Å². The highest BCUT2D eigenvalue weighted by Crippen LogP contribution is 2.24. The van der Waals surface area contributed by atoms with E-state index in [0.29, 0.717) is 27.9 Å². The van der Waals surface area contributed by atoms with Gasteiger partial charge in [-0.25, -0.2) is 0 Å². The first-order valence-electron chi connectivity index (χ1n) is 8.78. The van der Waals surface area contributed by atoms with Crippen LogP contribution in [0, 0.1) is 0 Å². The molecule has 0 aliphatic carbocycles. The van der Waals surface area contributed by atoms with Crippen molar-refractivity contribution in [1.82, 2.24) is 9.80 Å². The first-order valence-corrected chi connectivity index (χ1v) is 9.57. The Morgan fingerprint density at radius 3 is 2.52 bits per heavy atom. The van der Waals surface area contributed by atoms with E-state index >= 15 is 0 Å². The summed E-state index contributed by atoms with van der Waals surface area (Å²) in [7, 11) is 1.59. The predicted molar refractivity (Wildman–Crippen MR) is 114 cm³/mol. The number of nitrogens with one attached hydrogen (secondary N) is 1. The van der Waals surface area contributed by atoms with Crippen molar-refractivity contribution in [2.45, 2.75) is 19.0 Å². The fourth-order valence-electron chi connectivity index (χ4n) is 3.09. The zero-order valence-corrected chi connectivity index (χ0v) is 17.2. The fourth-order valence-corrected chi connectivity index (χ4v) is 3.58. The van der Waals surface area contributed by atoms with Gasteiger partial charge in [-0.3, -0.25) is 19.3 Å². The number of hydrogen-bond acceptors (Lipinski definition) is 4. The number of carbonyl (C=O) groups is 3. The number of primary amides is 1. The van der Waals surface area contributed by atoms with Crippen molar-refractivity contribution < 1.29 is 14.4 Å². The number of nitrogens with two attached hydrogens (primary N) is 1. The quantitative estimate of drug-likeness (QED) is 0.686. The Morgan fingerprint density at radius 2 is 1.90 bits per heavy atom. The third-order valence-electron chi connectivity index (χ3n) is 4.60. The fraction of sp³-hybridized carbons (Fsp3) is 0.200. The third kappa shape index (κ3) is 4.72. The van der Waals surface area contributed by atoms with E-state index in [4.69, 9.17) is 29.6 Å². The molecule has 1 fully saturated rings. The summed E-state index contributed by atoms with van der Waals surface area (Å²) in [5.74, 6) is -1.13. The number of amides is 3. The maximum absolute atomic E-state index is 12.6. The molecule has 2 aromatic carbocycles. The molecule has 0 spiro atoms. The zero-order chi connectivity index (χ0) is 21.1. The van der Waals surface area contributed by atoms with Gasteiger partial charge in [0.2, 0.25) is 11.8 Å². The minimum Gasteiger partial charge on any atom is -0.366 e. The van der Waals surface area contributed by atoms with E-state index < -0.39 is 11.9 Å². The SMILES string of the molecule is CN1C(=O)C(CC(=O)Nc2ccc(C(N)=O)cc2)N(Cc2cccc(Cl)c2)C1=S. The Kier molecular flexibility index (Phi) is 6.14. The highest BCUT2D eigenvalue weighted by atomic mass is 35.5. The normalized spacial score (nSPS) is 16.3. The molecule has 0 radical (unpaired) electrons. The lowest BCUT2D eigenvalue weighted by Crippen LogP contribution is -2.37. The summed E-state index contributed by atoms with van der Waals surface area (Å²) in [6.07, 6.45) is -0.0680. The molecule has 150 valence electrons. The van der Waals surface area contributed by atoms with Gasteiger partial charge in [0.15, 0.2) is 5.11 Å². The molecule has 1 aliphatic heterocycles. The van der Waals surface area contributed by atoms with Crippen LogP contribution in [0.1, 0.15) is 22.3 Å². The minimum atomic E-state index is -0.712. The van der Waals surface area contributed by atoms with E-state index in [2.05, 4.69) is 5.32 Å². The Balaban J connectivity index is 1.72. The highest BCUT2D eigenvalue weighted by molar-refractivity contribution is 7.80. The number of benzene rings is 2. The number of likely N-dealkylation sites (N-methyl/N-ethyl adjacent to an activating group) is 1. The van der Waals surface area contributed by atoms with Crippen molar-refractivity contribution >= 4 is 52.3 Å².